The summed E-state index contributed by atoms with van der Waals surface area (Å²) in [6, 6.07) is 0. The minimum absolute atomic E-state index is 0.105. The number of hydrogen-bond donors (Lipinski definition) is 7. The Hall–Kier alpha value is -1.55. The lowest BCUT2D eigenvalue weighted by Gasteiger charge is -2.45. The first-order valence-corrected chi connectivity index (χ1v) is 26.3. The van der Waals surface area contributed by atoms with Crippen LogP contribution in [-0.2, 0) is 48.1 Å². The third-order valence-corrected chi connectivity index (χ3v) is 12.7. The number of unbranched alkanes of at least 4 members (excludes halogenated alkanes) is 24. The zero-order chi connectivity index (χ0) is 47.2. The molecule has 2 saturated heterocycles. The molecule has 0 saturated carbocycles. The molecule has 0 aromatic rings. The van der Waals surface area contributed by atoms with E-state index in [1.165, 1.54) is 109 Å². The Bertz CT molecular complexity index is 1310. The number of carbonyl (C=O) groups is 2. The fourth-order valence-corrected chi connectivity index (χ4v) is 8.73. The molecule has 2 aliphatic rings. The van der Waals surface area contributed by atoms with Crippen molar-refractivity contribution in [1.82, 2.24) is 0 Å². The molecule has 7 N–H and O–H groups in total. The van der Waals surface area contributed by atoms with E-state index in [1.54, 1.807) is 0 Å². The van der Waals surface area contributed by atoms with Crippen LogP contribution in [0.25, 0.3) is 0 Å². The third-order valence-electron chi connectivity index (χ3n) is 12.0. The maximum Gasteiger partial charge on any atom is 0.306 e. The van der Waals surface area contributed by atoms with Crippen LogP contribution in [-0.4, -0.2) is 142 Å². The maximum atomic E-state index is 13.0. The summed E-state index contributed by atoms with van der Waals surface area (Å²) in [7, 11) is -4.84. The molecule has 378 valence electrons. The van der Waals surface area contributed by atoms with Gasteiger partial charge in [-0.15, -0.1) is 0 Å². The van der Waals surface area contributed by atoms with Gasteiger partial charge in [-0.1, -0.05) is 168 Å². The highest BCUT2D eigenvalue weighted by atomic mass is 32.2. The Morgan fingerprint density at radius 1 is 0.516 bits per heavy atom. The van der Waals surface area contributed by atoms with Gasteiger partial charge >= 0.3 is 11.9 Å². The van der Waals surface area contributed by atoms with Gasteiger partial charge in [-0.25, -0.2) is 0 Å². The normalized spacial score (nSPS) is 26.8. The fraction of sp³-hybridized carbons (Fsp3) is 0.957. The van der Waals surface area contributed by atoms with E-state index < -0.39 is 102 Å². The molecule has 1 unspecified atom stereocenters. The summed E-state index contributed by atoms with van der Waals surface area (Å²) < 4.78 is 66.4. The van der Waals surface area contributed by atoms with Gasteiger partial charge in [0.05, 0.1) is 6.61 Å². The van der Waals surface area contributed by atoms with E-state index in [1.807, 2.05) is 0 Å². The number of hydrogen-bond acceptors (Lipinski definition) is 16. The summed E-state index contributed by atoms with van der Waals surface area (Å²) in [5.41, 5.74) is 0. The Labute approximate surface area is 383 Å². The zero-order valence-electron chi connectivity index (χ0n) is 38.9. The van der Waals surface area contributed by atoms with E-state index in [0.717, 1.165) is 44.9 Å². The largest absolute Gasteiger partial charge is 0.462 e. The van der Waals surface area contributed by atoms with Crippen molar-refractivity contribution in [3.63, 3.8) is 0 Å². The standard InChI is InChI=1S/C46H86O17S/c1-3-5-7-9-11-13-15-17-19-21-23-25-27-29-36(47)58-31-34(60-37(48)30-28-26-24-22-20-18-16-14-12-10-8-6-4-2)32-59-45-42(53)39(50)43(35(61-45)33-64(55,56)57)62-46-41(52)38(49)40(51)44(54)63-46/h34-35,38-46,49-54H,3-33H2,1-2H3,(H,55,56,57)/t34?,35-,38+,39-,40+,41-,42-,43-,44+,45-,46-/m1/s1. The molecule has 64 heavy (non-hydrogen) atoms. The monoisotopic (exact) mass is 943 g/mol. The second-order valence-electron chi connectivity index (χ2n) is 17.9. The smallest absolute Gasteiger partial charge is 0.306 e. The Morgan fingerprint density at radius 2 is 0.938 bits per heavy atom. The van der Waals surface area contributed by atoms with E-state index in [2.05, 4.69) is 13.8 Å². The highest BCUT2D eigenvalue weighted by Crippen LogP contribution is 2.30. The van der Waals surface area contributed by atoms with Crippen LogP contribution in [0.4, 0.5) is 0 Å². The van der Waals surface area contributed by atoms with E-state index in [-0.39, 0.29) is 19.4 Å². The molecule has 17 nitrogen and oxygen atoms in total. The lowest BCUT2D eigenvalue weighted by Crippen LogP contribution is -2.64. The molecule has 0 spiro atoms. The summed E-state index contributed by atoms with van der Waals surface area (Å²) in [5, 5.41) is 62.2. The number of esters is 2. The zero-order valence-corrected chi connectivity index (χ0v) is 39.7. The molecule has 2 aliphatic heterocycles. The molecule has 0 aliphatic carbocycles. The molecule has 2 fully saturated rings. The van der Waals surface area contributed by atoms with Crippen LogP contribution in [0, 0.1) is 0 Å². The van der Waals surface area contributed by atoms with Crippen molar-refractivity contribution in [3.05, 3.63) is 0 Å². The van der Waals surface area contributed by atoms with Gasteiger partial charge in [0.25, 0.3) is 10.1 Å². The van der Waals surface area contributed by atoms with Gasteiger partial charge in [0.1, 0.15) is 55.1 Å². The number of carbonyl (C=O) groups excluding carboxylic acids is 2. The predicted octanol–water partition coefficient (Wildman–Crippen LogP) is 5.90. The summed E-state index contributed by atoms with van der Waals surface area (Å²) in [5.74, 6) is -2.26. The summed E-state index contributed by atoms with van der Waals surface area (Å²) in [6.07, 6.45) is 9.67. The first-order chi connectivity index (χ1) is 30.7. The van der Waals surface area contributed by atoms with E-state index >= 15 is 0 Å². The minimum Gasteiger partial charge on any atom is -0.462 e. The SMILES string of the molecule is CCCCCCCCCCCCCCCC(=O)OCC(CO[C@@H]1O[C@H](CS(=O)(=O)O)[C@@H](O[C@@H]2O[C@H](O)[C@@H](O)[C@H](O)[C@H]2O)[C@H](O)[C@H]1O)OC(=O)CCCCCCCCCCCCCCC. The van der Waals surface area contributed by atoms with Crippen LogP contribution < -0.4 is 0 Å². The molecule has 0 amide bonds. The van der Waals surface area contributed by atoms with Crippen molar-refractivity contribution in [3.8, 4) is 0 Å². The van der Waals surface area contributed by atoms with Crippen molar-refractivity contribution >= 4 is 22.1 Å². The van der Waals surface area contributed by atoms with Crippen molar-refractivity contribution in [2.75, 3.05) is 19.0 Å². The van der Waals surface area contributed by atoms with Gasteiger partial charge in [-0.05, 0) is 12.8 Å². The number of aliphatic hydroxyl groups excluding tert-OH is 6. The van der Waals surface area contributed by atoms with Gasteiger partial charge in [0.2, 0.25) is 0 Å². The van der Waals surface area contributed by atoms with Crippen LogP contribution in [0.1, 0.15) is 194 Å². The molecule has 0 aromatic carbocycles. The van der Waals surface area contributed by atoms with Crippen LogP contribution in [0.15, 0.2) is 0 Å². The molecule has 18 heteroatoms. The van der Waals surface area contributed by atoms with E-state index in [9.17, 15) is 53.2 Å². The topological polar surface area (TPSA) is 265 Å². The van der Waals surface area contributed by atoms with Crippen molar-refractivity contribution < 1.29 is 81.6 Å². The lowest BCUT2D eigenvalue weighted by atomic mass is 9.98. The number of ether oxygens (including phenoxy) is 6. The summed E-state index contributed by atoms with van der Waals surface area (Å²) in [6.45, 7) is 3.53. The quantitative estimate of drug-likeness (QED) is 0.0216. The number of rotatable bonds is 38. The molecule has 2 rings (SSSR count). The Kier molecular flexibility index (Phi) is 31.8. The molecule has 0 aromatic heterocycles. The Balaban J connectivity index is 1.91. The van der Waals surface area contributed by atoms with Gasteiger partial charge in [0, 0.05) is 12.8 Å². The highest BCUT2D eigenvalue weighted by Gasteiger charge is 2.51. The molecule has 0 bridgehead atoms. The lowest BCUT2D eigenvalue weighted by molar-refractivity contribution is -0.375. The van der Waals surface area contributed by atoms with Gasteiger partial charge < -0.3 is 59.1 Å². The Morgan fingerprint density at radius 3 is 1.39 bits per heavy atom. The second kappa shape index (κ2) is 34.7. The summed E-state index contributed by atoms with van der Waals surface area (Å²) >= 11 is 0. The maximum absolute atomic E-state index is 13.0. The van der Waals surface area contributed by atoms with Crippen LogP contribution >= 0.6 is 0 Å². The summed E-state index contributed by atoms with van der Waals surface area (Å²) in [4.78, 5) is 25.7. The molecule has 11 atom stereocenters. The third kappa shape index (κ3) is 25.5. The first-order valence-electron chi connectivity index (χ1n) is 24.6. The van der Waals surface area contributed by atoms with Crippen molar-refractivity contribution in [1.29, 1.82) is 0 Å². The van der Waals surface area contributed by atoms with Crippen LogP contribution in [0.5, 0.6) is 0 Å². The van der Waals surface area contributed by atoms with Crippen molar-refractivity contribution in [2.45, 2.75) is 261 Å². The molecule has 0 radical (unpaired) electrons. The minimum atomic E-state index is -4.84. The van der Waals surface area contributed by atoms with Gasteiger partial charge in [-0.3, -0.25) is 14.1 Å². The van der Waals surface area contributed by atoms with E-state index in [0.29, 0.717) is 12.8 Å². The fourth-order valence-electron chi connectivity index (χ4n) is 8.05. The predicted molar refractivity (Wildman–Crippen MR) is 238 cm³/mol. The molecular formula is C46H86O17S. The highest BCUT2D eigenvalue weighted by molar-refractivity contribution is 7.85. The number of aliphatic hydroxyl groups is 6. The van der Waals surface area contributed by atoms with Crippen LogP contribution in [0.2, 0.25) is 0 Å². The average Bonchev–Trinajstić information content (AvgIpc) is 3.25. The van der Waals surface area contributed by atoms with Gasteiger partial charge in [0.15, 0.2) is 25.0 Å². The first kappa shape index (κ1) is 58.6. The van der Waals surface area contributed by atoms with Crippen LogP contribution in [0.3, 0.4) is 0 Å². The second-order valence-corrected chi connectivity index (χ2v) is 19.4. The van der Waals surface area contributed by atoms with Gasteiger partial charge in [-0.2, -0.15) is 8.42 Å². The molecule has 2 heterocycles. The van der Waals surface area contributed by atoms with Crippen molar-refractivity contribution in [2.24, 2.45) is 0 Å². The molecular weight excluding hydrogens is 857 g/mol. The average molecular weight is 943 g/mol. The van der Waals surface area contributed by atoms with E-state index in [4.69, 9.17) is 28.4 Å².